The zero-order valence-corrected chi connectivity index (χ0v) is 23.1. The average molecular weight is 597 g/mol. The van der Waals surface area contributed by atoms with Crippen LogP contribution in [-0.2, 0) is 32.5 Å². The first-order valence-corrected chi connectivity index (χ1v) is 15.1. The molecule has 0 aliphatic carbocycles. The molecule has 5 rings (SSSR count). The van der Waals surface area contributed by atoms with Crippen molar-refractivity contribution in [3.8, 4) is 0 Å². The number of nitrogens with one attached hydrogen (secondary N) is 1. The van der Waals surface area contributed by atoms with E-state index in [2.05, 4.69) is 5.32 Å². The van der Waals surface area contributed by atoms with Gasteiger partial charge in [-0.3, -0.25) is 9.59 Å². The molecule has 0 spiro atoms. The van der Waals surface area contributed by atoms with Crippen LogP contribution in [-0.4, -0.2) is 66.0 Å². The number of rotatable bonds is 7. The Morgan fingerprint density at radius 3 is 2.29 bits per heavy atom. The van der Waals surface area contributed by atoms with Gasteiger partial charge in [0.1, 0.15) is 11.9 Å². The summed E-state index contributed by atoms with van der Waals surface area (Å²) in [6, 6.07) is 9.29. The van der Waals surface area contributed by atoms with Gasteiger partial charge in [-0.1, -0.05) is 30.3 Å². The Balaban J connectivity index is 1.20. The van der Waals surface area contributed by atoms with Crippen LogP contribution in [0.25, 0.3) is 0 Å². The first-order chi connectivity index (χ1) is 19.5. The van der Waals surface area contributed by atoms with Crippen molar-refractivity contribution in [3.63, 3.8) is 0 Å². The molecule has 0 unspecified atom stereocenters. The number of benzene rings is 2. The Kier molecular flexibility index (Phi) is 8.40. The Bertz CT molecular complexity index is 1390. The van der Waals surface area contributed by atoms with E-state index in [1.165, 1.54) is 31.7 Å². The van der Waals surface area contributed by atoms with Gasteiger partial charge in [-0.15, -0.1) is 0 Å². The lowest BCUT2D eigenvalue weighted by molar-refractivity contribution is -0.142. The van der Waals surface area contributed by atoms with Crippen molar-refractivity contribution in [1.29, 1.82) is 0 Å². The number of halogens is 4. The van der Waals surface area contributed by atoms with E-state index in [0.29, 0.717) is 49.8 Å². The Morgan fingerprint density at radius 2 is 1.63 bits per heavy atom. The fourth-order valence-corrected chi connectivity index (χ4v) is 7.76. The van der Waals surface area contributed by atoms with E-state index in [-0.39, 0.29) is 32.1 Å². The van der Waals surface area contributed by atoms with Crippen LogP contribution < -0.4 is 5.32 Å². The summed E-state index contributed by atoms with van der Waals surface area (Å²) in [7, 11) is -3.93. The highest BCUT2D eigenvalue weighted by molar-refractivity contribution is 7.86. The number of carbonyl (C=O) groups excluding carboxylic acids is 2. The van der Waals surface area contributed by atoms with E-state index in [4.69, 9.17) is 0 Å². The molecule has 3 aliphatic rings. The third-order valence-corrected chi connectivity index (χ3v) is 10.2. The molecule has 0 radical (unpaired) electrons. The maximum atomic E-state index is 14.4. The van der Waals surface area contributed by atoms with E-state index in [1.54, 1.807) is 18.2 Å². The SMILES string of the molecule is O=C(NCc1ccc(C(F)(F)F)cc1)[C@H]1CCCN1C(=O)[C@H]1CCCN(S(=O)(=O)N2CC[C@H]2c2ccccc2F)C1. The van der Waals surface area contributed by atoms with Crippen molar-refractivity contribution < 1.29 is 35.6 Å². The van der Waals surface area contributed by atoms with Crippen LogP contribution in [0.15, 0.2) is 48.5 Å². The van der Waals surface area contributed by atoms with E-state index < -0.39 is 51.7 Å². The Morgan fingerprint density at radius 1 is 0.927 bits per heavy atom. The summed E-state index contributed by atoms with van der Waals surface area (Å²) in [5.41, 5.74) is 0.0461. The second-order valence-corrected chi connectivity index (χ2v) is 12.6. The molecule has 13 heteroatoms. The Labute approximate surface area is 236 Å². The molecule has 0 bridgehead atoms. The summed E-state index contributed by atoms with van der Waals surface area (Å²) in [6.45, 7) is 0.886. The van der Waals surface area contributed by atoms with Crippen molar-refractivity contribution in [3.05, 3.63) is 71.0 Å². The molecule has 8 nitrogen and oxygen atoms in total. The lowest BCUT2D eigenvalue weighted by Crippen LogP contribution is -2.56. The molecule has 3 saturated heterocycles. The second-order valence-electron chi connectivity index (χ2n) is 10.7. The number of likely N-dealkylation sites (tertiary alicyclic amines) is 1. The molecular weight excluding hydrogens is 564 g/mol. The number of hydrogen-bond donors (Lipinski definition) is 1. The molecule has 3 atom stereocenters. The first-order valence-electron chi connectivity index (χ1n) is 13.7. The summed E-state index contributed by atoms with van der Waals surface area (Å²) in [5, 5.41) is 2.72. The van der Waals surface area contributed by atoms with Gasteiger partial charge in [0.05, 0.1) is 17.5 Å². The van der Waals surface area contributed by atoms with Gasteiger partial charge in [-0.05, 0) is 55.9 Å². The number of amides is 2. The lowest BCUT2D eigenvalue weighted by atomic mass is 9.97. The summed E-state index contributed by atoms with van der Waals surface area (Å²) in [5.74, 6) is -1.76. The Hall–Kier alpha value is -3.03. The minimum Gasteiger partial charge on any atom is -0.350 e. The maximum absolute atomic E-state index is 14.4. The molecule has 41 heavy (non-hydrogen) atoms. The van der Waals surface area contributed by atoms with Gasteiger partial charge >= 0.3 is 6.18 Å². The lowest BCUT2D eigenvalue weighted by Gasteiger charge is -2.44. The molecule has 2 aromatic carbocycles. The topological polar surface area (TPSA) is 90.0 Å². The van der Waals surface area contributed by atoms with Crippen LogP contribution in [0, 0.1) is 11.7 Å². The van der Waals surface area contributed by atoms with E-state index in [9.17, 15) is 35.6 Å². The van der Waals surface area contributed by atoms with Crippen molar-refractivity contribution in [2.45, 2.75) is 56.9 Å². The molecule has 3 heterocycles. The quantitative estimate of drug-likeness (QED) is 0.492. The molecule has 2 aromatic rings. The fraction of sp³-hybridized carbons (Fsp3) is 0.500. The summed E-state index contributed by atoms with van der Waals surface area (Å²) in [4.78, 5) is 28.0. The zero-order valence-electron chi connectivity index (χ0n) is 22.3. The summed E-state index contributed by atoms with van der Waals surface area (Å²) in [6.07, 6.45) is -1.93. The highest BCUT2D eigenvalue weighted by atomic mass is 32.2. The average Bonchev–Trinajstić information content (AvgIpc) is 3.42. The van der Waals surface area contributed by atoms with Crippen molar-refractivity contribution in [2.75, 3.05) is 26.2 Å². The van der Waals surface area contributed by atoms with Gasteiger partial charge in [0.15, 0.2) is 0 Å². The largest absolute Gasteiger partial charge is 0.416 e. The minimum atomic E-state index is -4.45. The molecule has 0 aromatic heterocycles. The molecule has 0 saturated carbocycles. The summed E-state index contributed by atoms with van der Waals surface area (Å²) < 4.78 is 82.3. The van der Waals surface area contributed by atoms with Crippen molar-refractivity contribution in [1.82, 2.24) is 18.8 Å². The molecule has 3 fully saturated rings. The van der Waals surface area contributed by atoms with Crippen molar-refractivity contribution in [2.24, 2.45) is 5.92 Å². The molecular formula is C28H32F4N4O4S. The number of piperidine rings is 1. The van der Waals surface area contributed by atoms with E-state index in [1.807, 2.05) is 0 Å². The number of carbonyl (C=O) groups is 2. The van der Waals surface area contributed by atoms with Crippen LogP contribution in [0.2, 0.25) is 0 Å². The van der Waals surface area contributed by atoms with Gasteiger partial charge in [-0.25, -0.2) is 4.39 Å². The predicted octanol–water partition coefficient (Wildman–Crippen LogP) is 3.86. The fourth-order valence-electron chi connectivity index (χ4n) is 5.85. The van der Waals surface area contributed by atoms with Crippen LogP contribution in [0.1, 0.15) is 54.8 Å². The third kappa shape index (κ3) is 6.12. The van der Waals surface area contributed by atoms with Crippen molar-refractivity contribution >= 4 is 22.0 Å². The van der Waals surface area contributed by atoms with Crippen LogP contribution in [0.4, 0.5) is 17.6 Å². The number of hydrogen-bond acceptors (Lipinski definition) is 4. The van der Waals surface area contributed by atoms with Crippen LogP contribution in [0.3, 0.4) is 0 Å². The highest BCUT2D eigenvalue weighted by Crippen LogP contribution is 2.39. The van der Waals surface area contributed by atoms with Crippen LogP contribution >= 0.6 is 0 Å². The zero-order chi connectivity index (χ0) is 29.4. The normalized spacial score (nSPS) is 24.2. The van der Waals surface area contributed by atoms with Gasteiger partial charge in [0.25, 0.3) is 10.2 Å². The van der Waals surface area contributed by atoms with Crippen LogP contribution in [0.5, 0.6) is 0 Å². The molecule has 1 N–H and O–H groups in total. The van der Waals surface area contributed by atoms with E-state index in [0.717, 1.165) is 12.1 Å². The predicted molar refractivity (Wildman–Crippen MR) is 142 cm³/mol. The molecule has 3 aliphatic heterocycles. The number of alkyl halides is 3. The standard InChI is InChI=1S/C28H32F4N4O4S/c29-23-7-2-1-6-22(23)24-13-16-36(24)41(39,40)34-14-3-5-20(18-34)27(38)35-15-4-8-25(35)26(37)33-17-19-9-11-21(12-10-19)28(30,31)32/h1-2,6-7,9-12,20,24-25H,3-5,8,13-18H2,(H,33,37)/t20-,24-,25+/m0/s1. The first kappa shape index (κ1) is 29.5. The third-order valence-electron chi connectivity index (χ3n) is 8.18. The van der Waals surface area contributed by atoms with Gasteiger partial charge in [0, 0.05) is 38.3 Å². The van der Waals surface area contributed by atoms with E-state index >= 15 is 0 Å². The monoisotopic (exact) mass is 596 g/mol. The second kappa shape index (κ2) is 11.7. The summed E-state index contributed by atoms with van der Waals surface area (Å²) >= 11 is 0. The maximum Gasteiger partial charge on any atom is 0.416 e. The number of nitrogens with zero attached hydrogens (tertiary/aromatic N) is 3. The van der Waals surface area contributed by atoms with Gasteiger partial charge < -0.3 is 10.2 Å². The smallest absolute Gasteiger partial charge is 0.350 e. The van der Waals surface area contributed by atoms with Gasteiger partial charge in [-0.2, -0.15) is 30.2 Å². The molecule has 2 amide bonds. The molecule has 222 valence electrons. The van der Waals surface area contributed by atoms with Gasteiger partial charge in [0.2, 0.25) is 11.8 Å². The highest BCUT2D eigenvalue weighted by Gasteiger charge is 2.46. The minimum absolute atomic E-state index is 0.0158.